The SMILES string of the molecule is CN(Cc1ccc(Cl)c(Cl)c1)C1CN(c2nccn3cnnc23)C1. The normalized spacial score (nSPS) is 15.2. The maximum absolute atomic E-state index is 6.09. The quantitative estimate of drug-likeness (QED) is 0.714. The maximum Gasteiger partial charge on any atom is 0.203 e. The number of likely N-dealkylation sites (N-methyl/N-ethyl adjacent to an activating group) is 1. The van der Waals surface area contributed by atoms with Gasteiger partial charge in [-0.2, -0.15) is 0 Å². The Labute approximate surface area is 149 Å². The molecule has 1 aliphatic heterocycles. The molecular formula is C16H16Cl2N6. The van der Waals surface area contributed by atoms with Crippen molar-refractivity contribution in [1.82, 2.24) is 24.5 Å². The number of halogens is 2. The molecule has 1 saturated heterocycles. The van der Waals surface area contributed by atoms with Crippen LogP contribution in [0, 0.1) is 0 Å². The Bertz CT molecular complexity index is 874. The molecule has 0 N–H and O–H groups in total. The van der Waals surface area contributed by atoms with Crippen LogP contribution in [0.4, 0.5) is 5.82 Å². The molecule has 3 heterocycles. The van der Waals surface area contributed by atoms with E-state index in [9.17, 15) is 0 Å². The lowest BCUT2D eigenvalue weighted by Crippen LogP contribution is -2.58. The van der Waals surface area contributed by atoms with Gasteiger partial charge in [0.05, 0.1) is 10.0 Å². The van der Waals surface area contributed by atoms with Crippen molar-refractivity contribution in [3.05, 3.63) is 52.5 Å². The van der Waals surface area contributed by atoms with Gasteiger partial charge in [0.25, 0.3) is 0 Å². The molecule has 0 spiro atoms. The highest BCUT2D eigenvalue weighted by Crippen LogP contribution is 2.26. The van der Waals surface area contributed by atoms with Gasteiger partial charge in [0.15, 0.2) is 5.82 Å². The predicted molar refractivity (Wildman–Crippen MR) is 94.7 cm³/mol. The molecule has 3 aromatic rings. The molecule has 0 aliphatic carbocycles. The summed E-state index contributed by atoms with van der Waals surface area (Å²) in [5.74, 6) is 0.884. The van der Waals surface area contributed by atoms with Gasteiger partial charge < -0.3 is 4.90 Å². The molecule has 24 heavy (non-hydrogen) atoms. The molecule has 0 bridgehead atoms. The van der Waals surface area contributed by atoms with Crippen LogP contribution in [0.2, 0.25) is 10.0 Å². The molecule has 0 amide bonds. The van der Waals surface area contributed by atoms with E-state index in [1.807, 2.05) is 28.8 Å². The van der Waals surface area contributed by atoms with Crippen LogP contribution in [0.3, 0.4) is 0 Å². The number of anilines is 1. The summed E-state index contributed by atoms with van der Waals surface area (Å²) in [5.41, 5.74) is 1.95. The molecule has 8 heteroatoms. The molecule has 0 radical (unpaired) electrons. The fourth-order valence-electron chi connectivity index (χ4n) is 2.93. The topological polar surface area (TPSA) is 49.6 Å². The number of hydrogen-bond donors (Lipinski definition) is 0. The van der Waals surface area contributed by atoms with Gasteiger partial charge >= 0.3 is 0 Å². The fourth-order valence-corrected chi connectivity index (χ4v) is 3.25. The Morgan fingerprint density at radius 3 is 2.88 bits per heavy atom. The van der Waals surface area contributed by atoms with Crippen molar-refractivity contribution >= 4 is 34.7 Å². The summed E-state index contributed by atoms with van der Waals surface area (Å²) in [5, 5.41) is 9.27. The second-order valence-electron chi connectivity index (χ2n) is 6.04. The van der Waals surface area contributed by atoms with Gasteiger partial charge in [0, 0.05) is 38.1 Å². The second-order valence-corrected chi connectivity index (χ2v) is 6.85. The molecule has 0 saturated carbocycles. The number of aromatic nitrogens is 4. The van der Waals surface area contributed by atoms with Crippen molar-refractivity contribution in [2.75, 3.05) is 25.0 Å². The molecule has 1 aliphatic rings. The van der Waals surface area contributed by atoms with Crippen LogP contribution in [0.15, 0.2) is 36.9 Å². The van der Waals surface area contributed by atoms with E-state index < -0.39 is 0 Å². The molecule has 0 unspecified atom stereocenters. The van der Waals surface area contributed by atoms with Crippen LogP contribution in [-0.4, -0.2) is 50.7 Å². The smallest absolute Gasteiger partial charge is 0.203 e. The first-order chi connectivity index (χ1) is 11.6. The summed E-state index contributed by atoms with van der Waals surface area (Å²) in [6.07, 6.45) is 5.32. The van der Waals surface area contributed by atoms with Crippen molar-refractivity contribution in [1.29, 1.82) is 0 Å². The first kappa shape index (κ1) is 15.6. The summed E-state index contributed by atoms with van der Waals surface area (Å²) in [4.78, 5) is 8.99. The third-order valence-electron chi connectivity index (χ3n) is 4.40. The van der Waals surface area contributed by atoms with E-state index in [0.29, 0.717) is 16.1 Å². The van der Waals surface area contributed by atoms with E-state index in [1.54, 1.807) is 12.5 Å². The van der Waals surface area contributed by atoms with Crippen molar-refractivity contribution < 1.29 is 0 Å². The fraction of sp³-hybridized carbons (Fsp3) is 0.312. The summed E-state index contributed by atoms with van der Waals surface area (Å²) >= 11 is 12.1. The molecule has 1 aromatic carbocycles. The average Bonchev–Trinajstić information content (AvgIpc) is 2.99. The van der Waals surface area contributed by atoms with E-state index in [1.165, 1.54) is 0 Å². The van der Waals surface area contributed by atoms with Gasteiger partial charge in [-0.15, -0.1) is 10.2 Å². The predicted octanol–water partition coefficient (Wildman–Crippen LogP) is 2.75. The second kappa shape index (κ2) is 6.20. The zero-order valence-electron chi connectivity index (χ0n) is 13.1. The molecule has 1 fully saturated rings. The van der Waals surface area contributed by atoms with E-state index in [4.69, 9.17) is 23.2 Å². The lowest BCUT2D eigenvalue weighted by molar-refractivity contribution is 0.197. The minimum Gasteiger partial charge on any atom is -0.350 e. The molecule has 6 nitrogen and oxygen atoms in total. The van der Waals surface area contributed by atoms with E-state index in [-0.39, 0.29) is 0 Å². The van der Waals surface area contributed by atoms with E-state index in [2.05, 4.69) is 32.0 Å². The third kappa shape index (κ3) is 2.81. The number of nitrogens with zero attached hydrogens (tertiary/aromatic N) is 6. The van der Waals surface area contributed by atoms with Gasteiger partial charge in [-0.3, -0.25) is 9.30 Å². The van der Waals surface area contributed by atoms with Crippen LogP contribution in [0.1, 0.15) is 5.56 Å². The zero-order valence-corrected chi connectivity index (χ0v) is 14.6. The zero-order chi connectivity index (χ0) is 16.7. The van der Waals surface area contributed by atoms with Crippen LogP contribution in [-0.2, 0) is 6.54 Å². The van der Waals surface area contributed by atoms with Crippen molar-refractivity contribution in [2.24, 2.45) is 0 Å². The number of benzene rings is 1. The number of rotatable bonds is 4. The largest absolute Gasteiger partial charge is 0.350 e. The van der Waals surface area contributed by atoms with E-state index >= 15 is 0 Å². The Balaban J connectivity index is 1.41. The molecular weight excluding hydrogens is 347 g/mol. The van der Waals surface area contributed by atoms with Crippen LogP contribution in [0.25, 0.3) is 5.65 Å². The van der Waals surface area contributed by atoms with Crippen LogP contribution < -0.4 is 4.90 Å². The first-order valence-corrected chi connectivity index (χ1v) is 8.41. The lowest BCUT2D eigenvalue weighted by Gasteiger charge is -2.44. The Morgan fingerprint density at radius 2 is 2.08 bits per heavy atom. The standard InChI is InChI=1S/C16H16Cl2N6/c1-22(7-11-2-3-13(17)14(18)6-11)12-8-24(9-12)15-16-21-20-10-23(16)5-4-19-15/h2-6,10,12H,7-9H2,1H3. The summed E-state index contributed by atoms with van der Waals surface area (Å²) < 4.78 is 1.88. The molecule has 124 valence electrons. The van der Waals surface area contributed by atoms with Crippen LogP contribution in [0.5, 0.6) is 0 Å². The number of fused-ring (bicyclic) bond motifs is 1. The van der Waals surface area contributed by atoms with Crippen molar-refractivity contribution in [2.45, 2.75) is 12.6 Å². The minimum atomic E-state index is 0.462. The van der Waals surface area contributed by atoms with Crippen molar-refractivity contribution in [3.8, 4) is 0 Å². The highest BCUT2D eigenvalue weighted by Gasteiger charge is 2.32. The summed E-state index contributed by atoms with van der Waals surface area (Å²) in [6, 6.07) is 6.25. The van der Waals surface area contributed by atoms with Gasteiger partial charge in [0.2, 0.25) is 5.65 Å². The van der Waals surface area contributed by atoms with Gasteiger partial charge in [-0.1, -0.05) is 29.3 Å². The Morgan fingerprint density at radius 1 is 1.25 bits per heavy atom. The lowest BCUT2D eigenvalue weighted by atomic mass is 10.1. The highest BCUT2D eigenvalue weighted by atomic mass is 35.5. The van der Waals surface area contributed by atoms with Crippen molar-refractivity contribution in [3.63, 3.8) is 0 Å². The highest BCUT2D eigenvalue weighted by molar-refractivity contribution is 6.42. The Kier molecular flexibility index (Phi) is 4.04. The summed E-state index contributed by atoms with van der Waals surface area (Å²) in [6.45, 7) is 2.66. The van der Waals surface area contributed by atoms with Gasteiger partial charge in [-0.25, -0.2) is 4.98 Å². The first-order valence-electron chi connectivity index (χ1n) is 7.65. The van der Waals surface area contributed by atoms with Crippen LogP contribution >= 0.6 is 23.2 Å². The third-order valence-corrected chi connectivity index (χ3v) is 5.14. The molecule has 0 atom stereocenters. The number of hydrogen-bond acceptors (Lipinski definition) is 5. The Hall–Kier alpha value is -1.89. The van der Waals surface area contributed by atoms with E-state index in [0.717, 1.165) is 36.7 Å². The minimum absolute atomic E-state index is 0.462. The van der Waals surface area contributed by atoms with Gasteiger partial charge in [-0.05, 0) is 24.7 Å². The monoisotopic (exact) mass is 362 g/mol. The molecule has 2 aromatic heterocycles. The van der Waals surface area contributed by atoms with Gasteiger partial charge in [0.1, 0.15) is 6.33 Å². The maximum atomic E-state index is 6.09. The summed E-state index contributed by atoms with van der Waals surface area (Å²) in [7, 11) is 2.12. The average molecular weight is 363 g/mol. The molecule has 4 rings (SSSR count).